The lowest BCUT2D eigenvalue weighted by Crippen LogP contribution is -2.48. The molecule has 0 radical (unpaired) electrons. The van der Waals surface area contributed by atoms with Crippen molar-refractivity contribution in [3.63, 3.8) is 0 Å². The SMILES string of the molecule is CCNC(=NCc1ccc(F)c(C)c1)NCC1(O)CCCCC1. The highest BCUT2D eigenvalue weighted by Crippen LogP contribution is 2.27. The van der Waals surface area contributed by atoms with Crippen LogP contribution in [0.2, 0.25) is 0 Å². The number of aliphatic hydroxyl groups is 1. The molecule has 128 valence electrons. The number of nitrogens with one attached hydrogen (secondary N) is 2. The van der Waals surface area contributed by atoms with Crippen molar-refractivity contribution in [3.8, 4) is 0 Å². The van der Waals surface area contributed by atoms with Crippen molar-refractivity contribution in [1.82, 2.24) is 10.6 Å². The van der Waals surface area contributed by atoms with Gasteiger partial charge in [0.05, 0.1) is 12.1 Å². The van der Waals surface area contributed by atoms with Gasteiger partial charge in [0.25, 0.3) is 0 Å². The molecule has 3 N–H and O–H groups in total. The molecule has 2 rings (SSSR count). The average molecular weight is 321 g/mol. The maximum atomic E-state index is 13.3. The average Bonchev–Trinajstić information content (AvgIpc) is 2.54. The van der Waals surface area contributed by atoms with Crippen LogP contribution in [0.1, 0.15) is 50.2 Å². The number of guanidine groups is 1. The number of hydrogen-bond donors (Lipinski definition) is 3. The van der Waals surface area contributed by atoms with Gasteiger partial charge in [0, 0.05) is 13.1 Å². The van der Waals surface area contributed by atoms with E-state index < -0.39 is 5.60 Å². The Morgan fingerprint density at radius 3 is 2.65 bits per heavy atom. The Labute approximate surface area is 138 Å². The van der Waals surface area contributed by atoms with Crippen molar-refractivity contribution in [2.75, 3.05) is 13.1 Å². The number of nitrogens with zero attached hydrogens (tertiary/aromatic N) is 1. The highest BCUT2D eigenvalue weighted by molar-refractivity contribution is 5.79. The zero-order valence-electron chi connectivity index (χ0n) is 14.2. The maximum Gasteiger partial charge on any atom is 0.191 e. The Balaban J connectivity index is 1.94. The number of halogens is 1. The Hall–Kier alpha value is -1.62. The molecule has 1 aliphatic rings. The fourth-order valence-electron chi connectivity index (χ4n) is 2.95. The molecule has 0 atom stereocenters. The van der Waals surface area contributed by atoms with Crippen LogP contribution in [0.3, 0.4) is 0 Å². The van der Waals surface area contributed by atoms with Crippen LogP contribution in [-0.4, -0.2) is 29.8 Å². The molecule has 0 saturated heterocycles. The minimum atomic E-state index is -0.624. The van der Waals surface area contributed by atoms with Crippen LogP contribution in [-0.2, 0) is 6.54 Å². The lowest BCUT2D eigenvalue weighted by atomic mass is 9.85. The molecule has 1 aromatic carbocycles. The van der Waals surface area contributed by atoms with Crippen molar-refractivity contribution >= 4 is 5.96 Å². The van der Waals surface area contributed by atoms with Crippen molar-refractivity contribution in [2.45, 2.75) is 58.1 Å². The molecule has 1 fully saturated rings. The van der Waals surface area contributed by atoms with E-state index in [1.54, 1.807) is 13.0 Å². The summed E-state index contributed by atoms with van der Waals surface area (Å²) in [6.07, 6.45) is 5.06. The van der Waals surface area contributed by atoms with Gasteiger partial charge in [-0.3, -0.25) is 0 Å². The van der Waals surface area contributed by atoms with Crippen LogP contribution in [0, 0.1) is 12.7 Å². The van der Waals surface area contributed by atoms with E-state index in [-0.39, 0.29) is 5.82 Å². The van der Waals surface area contributed by atoms with Gasteiger partial charge in [-0.15, -0.1) is 0 Å². The largest absolute Gasteiger partial charge is 0.388 e. The standard InChI is InChI=1S/C18H28FN3O/c1-3-20-17(22-13-18(23)9-5-4-6-10-18)21-12-15-7-8-16(19)14(2)11-15/h7-8,11,23H,3-6,9-10,12-13H2,1-2H3,(H2,20,21,22). The summed E-state index contributed by atoms with van der Waals surface area (Å²) in [6, 6.07) is 5.05. The second kappa shape index (κ2) is 8.29. The first-order valence-electron chi connectivity index (χ1n) is 8.52. The number of aliphatic imine (C=N–C) groups is 1. The normalized spacial score (nSPS) is 17.8. The van der Waals surface area contributed by atoms with E-state index in [9.17, 15) is 9.50 Å². The fraction of sp³-hybridized carbons (Fsp3) is 0.611. The highest BCUT2D eigenvalue weighted by atomic mass is 19.1. The minimum absolute atomic E-state index is 0.192. The Morgan fingerprint density at radius 1 is 1.26 bits per heavy atom. The predicted octanol–water partition coefficient (Wildman–Crippen LogP) is 2.88. The minimum Gasteiger partial charge on any atom is -0.388 e. The number of hydrogen-bond acceptors (Lipinski definition) is 2. The molecule has 0 unspecified atom stereocenters. The van der Waals surface area contributed by atoms with Gasteiger partial charge < -0.3 is 15.7 Å². The summed E-state index contributed by atoms with van der Waals surface area (Å²) in [5.74, 6) is 0.496. The maximum absolute atomic E-state index is 13.3. The molecule has 0 spiro atoms. The third kappa shape index (κ3) is 5.50. The molecule has 1 saturated carbocycles. The van der Waals surface area contributed by atoms with E-state index >= 15 is 0 Å². The van der Waals surface area contributed by atoms with E-state index in [0.717, 1.165) is 37.8 Å². The molecule has 1 aliphatic carbocycles. The molecule has 4 nitrogen and oxygen atoms in total. The van der Waals surface area contributed by atoms with E-state index in [2.05, 4.69) is 15.6 Å². The molecule has 1 aromatic rings. The molecule has 23 heavy (non-hydrogen) atoms. The van der Waals surface area contributed by atoms with Gasteiger partial charge in [-0.2, -0.15) is 0 Å². The van der Waals surface area contributed by atoms with Gasteiger partial charge >= 0.3 is 0 Å². The van der Waals surface area contributed by atoms with Crippen LogP contribution in [0.5, 0.6) is 0 Å². The first-order valence-corrected chi connectivity index (χ1v) is 8.52. The van der Waals surface area contributed by atoms with Crippen molar-refractivity contribution in [3.05, 3.63) is 35.1 Å². The second-order valence-corrected chi connectivity index (χ2v) is 6.42. The molecule has 5 heteroatoms. The Morgan fingerprint density at radius 2 is 2.00 bits per heavy atom. The highest BCUT2D eigenvalue weighted by Gasteiger charge is 2.29. The molecular weight excluding hydrogens is 293 g/mol. The zero-order chi connectivity index (χ0) is 16.7. The van der Waals surface area contributed by atoms with Gasteiger partial charge in [0.15, 0.2) is 5.96 Å². The number of aryl methyl sites for hydroxylation is 1. The fourth-order valence-corrected chi connectivity index (χ4v) is 2.95. The number of benzene rings is 1. The van der Waals surface area contributed by atoms with Crippen LogP contribution in [0.25, 0.3) is 0 Å². The second-order valence-electron chi connectivity index (χ2n) is 6.42. The summed E-state index contributed by atoms with van der Waals surface area (Å²) < 4.78 is 13.3. The molecule has 0 aliphatic heterocycles. The van der Waals surface area contributed by atoms with Gasteiger partial charge in [-0.25, -0.2) is 9.38 Å². The van der Waals surface area contributed by atoms with Crippen LogP contribution in [0.4, 0.5) is 4.39 Å². The van der Waals surface area contributed by atoms with Crippen molar-refractivity contribution in [2.24, 2.45) is 4.99 Å². The van der Waals surface area contributed by atoms with Crippen LogP contribution in [0.15, 0.2) is 23.2 Å². The van der Waals surface area contributed by atoms with Gasteiger partial charge in [0.2, 0.25) is 0 Å². The number of rotatable bonds is 5. The van der Waals surface area contributed by atoms with E-state index in [0.29, 0.717) is 24.6 Å². The van der Waals surface area contributed by atoms with E-state index in [4.69, 9.17) is 0 Å². The summed E-state index contributed by atoms with van der Waals surface area (Å²) in [4.78, 5) is 4.53. The van der Waals surface area contributed by atoms with Crippen LogP contribution >= 0.6 is 0 Å². The summed E-state index contributed by atoms with van der Waals surface area (Å²) in [5, 5.41) is 17.0. The van der Waals surface area contributed by atoms with Gasteiger partial charge in [-0.05, 0) is 43.9 Å². The summed E-state index contributed by atoms with van der Waals surface area (Å²) in [7, 11) is 0. The molecular formula is C18H28FN3O. The lowest BCUT2D eigenvalue weighted by Gasteiger charge is -2.32. The zero-order valence-corrected chi connectivity index (χ0v) is 14.2. The van der Waals surface area contributed by atoms with Crippen LogP contribution < -0.4 is 10.6 Å². The van der Waals surface area contributed by atoms with E-state index in [1.165, 1.54) is 12.5 Å². The smallest absolute Gasteiger partial charge is 0.191 e. The Kier molecular flexibility index (Phi) is 6.39. The van der Waals surface area contributed by atoms with Crippen molar-refractivity contribution < 1.29 is 9.50 Å². The topological polar surface area (TPSA) is 56.7 Å². The third-order valence-electron chi connectivity index (χ3n) is 4.36. The van der Waals surface area contributed by atoms with Gasteiger partial charge in [-0.1, -0.05) is 31.4 Å². The monoisotopic (exact) mass is 321 g/mol. The lowest BCUT2D eigenvalue weighted by molar-refractivity contribution is 0.00859. The van der Waals surface area contributed by atoms with Gasteiger partial charge in [0.1, 0.15) is 5.82 Å². The molecule has 0 aromatic heterocycles. The summed E-state index contributed by atoms with van der Waals surface area (Å²) in [5.41, 5.74) is 0.977. The summed E-state index contributed by atoms with van der Waals surface area (Å²) >= 11 is 0. The molecule has 0 heterocycles. The first-order chi connectivity index (χ1) is 11.0. The molecule has 0 bridgehead atoms. The third-order valence-corrected chi connectivity index (χ3v) is 4.36. The van der Waals surface area contributed by atoms with E-state index in [1.807, 2.05) is 13.0 Å². The Bertz CT molecular complexity index is 539. The summed E-state index contributed by atoms with van der Waals surface area (Å²) in [6.45, 7) is 5.52. The molecule has 0 amide bonds. The predicted molar refractivity (Wildman–Crippen MR) is 92.0 cm³/mol. The first kappa shape index (κ1) is 17.7. The quantitative estimate of drug-likeness (QED) is 0.577. The van der Waals surface area contributed by atoms with Crippen molar-refractivity contribution in [1.29, 1.82) is 0 Å².